The number of aromatic nitrogens is 4. The molecule has 0 radical (unpaired) electrons. The van der Waals surface area contributed by atoms with Crippen molar-refractivity contribution < 1.29 is 23.4 Å². The molecule has 2 heterocycles. The van der Waals surface area contributed by atoms with Gasteiger partial charge < -0.3 is 18.6 Å². The van der Waals surface area contributed by atoms with E-state index in [1.807, 2.05) is 0 Å². The van der Waals surface area contributed by atoms with Crippen molar-refractivity contribution in [2.75, 3.05) is 14.2 Å². The second kappa shape index (κ2) is 9.33. The molecule has 0 fully saturated rings. The molecule has 4 aromatic rings. The van der Waals surface area contributed by atoms with Crippen LogP contribution in [-0.2, 0) is 11.3 Å². The highest BCUT2D eigenvalue weighted by molar-refractivity contribution is 6.30. The van der Waals surface area contributed by atoms with Crippen molar-refractivity contribution in [3.05, 3.63) is 70.3 Å². The first-order valence-electron chi connectivity index (χ1n) is 9.95. The lowest BCUT2D eigenvalue weighted by molar-refractivity contribution is 0.0459. The number of methoxy groups -OCH3 is 2. The quantitative estimate of drug-likeness (QED) is 0.363. The summed E-state index contributed by atoms with van der Waals surface area (Å²) >= 11 is 5.93. The van der Waals surface area contributed by atoms with E-state index in [0.29, 0.717) is 45.1 Å². The third-order valence-corrected chi connectivity index (χ3v) is 5.28. The Labute approximate surface area is 194 Å². The smallest absolute Gasteiger partial charge is 0.361 e. The van der Waals surface area contributed by atoms with Crippen LogP contribution in [0.3, 0.4) is 0 Å². The van der Waals surface area contributed by atoms with E-state index in [1.54, 1.807) is 75.2 Å². The number of hydrogen-bond acceptors (Lipinski definition) is 8. The van der Waals surface area contributed by atoms with E-state index < -0.39 is 5.97 Å². The normalized spacial score (nSPS) is 10.8. The van der Waals surface area contributed by atoms with E-state index >= 15 is 0 Å². The minimum Gasteiger partial charge on any atom is -0.497 e. The molecule has 2 aromatic carbocycles. The van der Waals surface area contributed by atoms with Crippen molar-refractivity contribution in [3.8, 4) is 28.6 Å². The number of carbonyl (C=O) groups is 1. The van der Waals surface area contributed by atoms with Gasteiger partial charge in [-0.2, -0.15) is 0 Å². The van der Waals surface area contributed by atoms with Crippen LogP contribution < -0.4 is 9.47 Å². The molecule has 9 nitrogen and oxygen atoms in total. The van der Waals surface area contributed by atoms with Crippen LogP contribution in [-0.4, -0.2) is 40.2 Å². The van der Waals surface area contributed by atoms with Gasteiger partial charge in [0.25, 0.3) is 0 Å². The second-order valence-corrected chi connectivity index (χ2v) is 7.51. The number of ether oxygens (including phenoxy) is 3. The monoisotopic (exact) mass is 468 g/mol. The molecule has 0 unspecified atom stereocenters. The summed E-state index contributed by atoms with van der Waals surface area (Å²) in [5.74, 6) is 1.46. The fourth-order valence-electron chi connectivity index (χ4n) is 3.20. The van der Waals surface area contributed by atoms with Crippen LogP contribution in [0.2, 0.25) is 5.02 Å². The van der Waals surface area contributed by atoms with Crippen LogP contribution in [0.25, 0.3) is 17.1 Å². The van der Waals surface area contributed by atoms with E-state index in [2.05, 4.69) is 15.3 Å². The molecule has 170 valence electrons. The number of esters is 1. The molecule has 0 bridgehead atoms. The van der Waals surface area contributed by atoms with Crippen LogP contribution in [0.5, 0.6) is 11.5 Å². The van der Waals surface area contributed by atoms with Crippen LogP contribution in [0.15, 0.2) is 46.9 Å². The largest absolute Gasteiger partial charge is 0.497 e. The summed E-state index contributed by atoms with van der Waals surface area (Å²) in [6, 6.07) is 12.3. The third kappa shape index (κ3) is 4.54. The topological polar surface area (TPSA) is 102 Å². The second-order valence-electron chi connectivity index (χ2n) is 7.08. The molecule has 0 aliphatic heterocycles. The molecule has 0 saturated heterocycles. The van der Waals surface area contributed by atoms with Gasteiger partial charge in [0.1, 0.15) is 29.6 Å². The Hall–Kier alpha value is -3.85. The third-order valence-electron chi connectivity index (χ3n) is 5.03. The van der Waals surface area contributed by atoms with Crippen LogP contribution in [0.4, 0.5) is 0 Å². The first-order valence-corrected chi connectivity index (χ1v) is 10.3. The Balaban J connectivity index is 1.50. The zero-order valence-electron chi connectivity index (χ0n) is 18.5. The lowest BCUT2D eigenvalue weighted by Crippen LogP contribution is -2.09. The molecule has 33 heavy (non-hydrogen) atoms. The van der Waals surface area contributed by atoms with E-state index in [0.717, 1.165) is 5.69 Å². The van der Waals surface area contributed by atoms with E-state index in [1.165, 1.54) is 0 Å². The predicted molar refractivity (Wildman–Crippen MR) is 120 cm³/mol. The molecule has 0 amide bonds. The van der Waals surface area contributed by atoms with Gasteiger partial charge in [0.05, 0.1) is 31.2 Å². The fraction of sp³-hybridized carbons (Fsp3) is 0.217. The molecule has 10 heteroatoms. The van der Waals surface area contributed by atoms with E-state index in [-0.39, 0.29) is 12.3 Å². The molecular weight excluding hydrogens is 448 g/mol. The number of halogens is 1. The lowest BCUT2D eigenvalue weighted by atomic mass is 10.2. The van der Waals surface area contributed by atoms with E-state index in [4.69, 9.17) is 30.2 Å². The Kier molecular flexibility index (Phi) is 6.32. The summed E-state index contributed by atoms with van der Waals surface area (Å²) < 4.78 is 23.4. The van der Waals surface area contributed by atoms with Crippen molar-refractivity contribution in [1.29, 1.82) is 0 Å². The van der Waals surface area contributed by atoms with E-state index in [9.17, 15) is 4.79 Å². The maximum atomic E-state index is 12.6. The molecule has 2 aromatic heterocycles. The Morgan fingerprint density at radius 2 is 1.85 bits per heavy atom. The molecule has 4 rings (SSSR count). The summed E-state index contributed by atoms with van der Waals surface area (Å²) in [5, 5.41) is 8.63. The van der Waals surface area contributed by atoms with Crippen LogP contribution in [0, 0.1) is 13.8 Å². The Morgan fingerprint density at radius 1 is 1.09 bits per heavy atom. The highest BCUT2D eigenvalue weighted by Gasteiger charge is 2.21. The average molecular weight is 469 g/mol. The van der Waals surface area contributed by atoms with Gasteiger partial charge in [-0.15, -0.1) is 5.10 Å². The van der Waals surface area contributed by atoms with Crippen molar-refractivity contribution >= 4 is 17.6 Å². The number of benzene rings is 2. The maximum Gasteiger partial charge on any atom is 0.361 e. The zero-order valence-corrected chi connectivity index (χ0v) is 19.2. The summed E-state index contributed by atoms with van der Waals surface area (Å²) in [7, 11) is 3.13. The number of aryl methyl sites for hydroxylation is 1. The highest BCUT2D eigenvalue weighted by Crippen LogP contribution is 2.33. The summed E-state index contributed by atoms with van der Waals surface area (Å²) in [6.45, 7) is 3.40. The first kappa shape index (κ1) is 22.3. The number of carbonyl (C=O) groups excluding carboxylic acids is 1. The minimum absolute atomic E-state index is 0.0835. The SMILES string of the molecule is COc1ccc(-c2nc(COC(=O)c3nnn(-c4ccc(Cl)cc4)c3C)c(C)o2)c(OC)c1. The molecule has 0 N–H and O–H groups in total. The Morgan fingerprint density at radius 3 is 2.55 bits per heavy atom. The lowest BCUT2D eigenvalue weighted by Gasteiger charge is -2.07. The zero-order chi connectivity index (χ0) is 23.5. The van der Waals surface area contributed by atoms with Crippen molar-refractivity contribution in [2.45, 2.75) is 20.5 Å². The molecular formula is C23H21ClN4O5. The summed E-state index contributed by atoms with van der Waals surface area (Å²) in [6.07, 6.45) is 0. The molecule has 0 atom stereocenters. The highest BCUT2D eigenvalue weighted by atomic mass is 35.5. The average Bonchev–Trinajstić information content (AvgIpc) is 3.39. The number of hydrogen-bond donors (Lipinski definition) is 0. The van der Waals surface area contributed by atoms with Crippen LogP contribution in [0.1, 0.15) is 27.6 Å². The van der Waals surface area contributed by atoms with Gasteiger partial charge in [0.15, 0.2) is 5.69 Å². The number of rotatable bonds is 7. The van der Waals surface area contributed by atoms with Gasteiger partial charge in [-0.3, -0.25) is 0 Å². The van der Waals surface area contributed by atoms with Crippen molar-refractivity contribution in [2.24, 2.45) is 0 Å². The predicted octanol–water partition coefficient (Wildman–Crippen LogP) is 4.57. The molecule has 0 aliphatic carbocycles. The van der Waals surface area contributed by atoms with Gasteiger partial charge >= 0.3 is 5.97 Å². The van der Waals surface area contributed by atoms with Gasteiger partial charge in [-0.05, 0) is 50.2 Å². The van der Waals surface area contributed by atoms with Gasteiger partial charge in [0.2, 0.25) is 5.89 Å². The number of nitrogens with zero attached hydrogens (tertiary/aromatic N) is 4. The maximum absolute atomic E-state index is 12.6. The Bertz CT molecular complexity index is 1300. The summed E-state index contributed by atoms with van der Waals surface area (Å²) in [5.41, 5.74) is 2.53. The van der Waals surface area contributed by atoms with Crippen LogP contribution >= 0.6 is 11.6 Å². The van der Waals surface area contributed by atoms with Gasteiger partial charge in [0, 0.05) is 11.1 Å². The number of oxazole rings is 1. The molecule has 0 aliphatic rings. The minimum atomic E-state index is -0.612. The fourth-order valence-corrected chi connectivity index (χ4v) is 3.33. The van der Waals surface area contributed by atoms with Gasteiger partial charge in [-0.25, -0.2) is 14.5 Å². The summed E-state index contributed by atoms with van der Waals surface area (Å²) in [4.78, 5) is 17.1. The molecule has 0 spiro atoms. The first-order chi connectivity index (χ1) is 15.9. The standard InChI is InChI=1S/C23H21ClN4O5/c1-13-21(26-27-28(13)16-7-5-15(24)6-8-16)23(29)32-12-19-14(2)33-22(25-19)18-10-9-17(30-3)11-20(18)31-4/h5-11H,12H2,1-4H3. The molecule has 0 saturated carbocycles. The van der Waals surface area contributed by atoms with Crippen molar-refractivity contribution in [3.63, 3.8) is 0 Å². The van der Waals surface area contributed by atoms with Gasteiger partial charge in [-0.1, -0.05) is 16.8 Å². The van der Waals surface area contributed by atoms with Crippen molar-refractivity contribution in [1.82, 2.24) is 20.0 Å².